The minimum Gasteiger partial charge on any atom is -0.319 e. The molecule has 0 radical (unpaired) electrons. The summed E-state index contributed by atoms with van der Waals surface area (Å²) in [6.07, 6.45) is 2.50. The molecule has 0 aliphatic rings. The molecule has 0 fully saturated rings. The summed E-state index contributed by atoms with van der Waals surface area (Å²) in [5, 5.41) is 2.56. The van der Waals surface area contributed by atoms with Gasteiger partial charge in [0, 0.05) is 6.20 Å². The Bertz CT molecular complexity index is 649. The zero-order valence-electron chi connectivity index (χ0n) is 9.75. The van der Waals surface area contributed by atoms with Gasteiger partial charge in [-0.25, -0.2) is 14.4 Å². The molecule has 2 aromatic rings. The SMILES string of the molecule is Cc1cnc(Cl)c(NC(=O)c2cc(F)cnc2Cl)c1. The van der Waals surface area contributed by atoms with E-state index in [0.717, 1.165) is 17.8 Å². The van der Waals surface area contributed by atoms with Gasteiger partial charge in [0.25, 0.3) is 5.91 Å². The van der Waals surface area contributed by atoms with Crippen LogP contribution in [-0.4, -0.2) is 15.9 Å². The van der Waals surface area contributed by atoms with E-state index in [2.05, 4.69) is 15.3 Å². The lowest BCUT2D eigenvalue weighted by molar-refractivity contribution is 0.102. The zero-order valence-corrected chi connectivity index (χ0v) is 11.3. The molecule has 4 nitrogen and oxygen atoms in total. The van der Waals surface area contributed by atoms with E-state index in [1.54, 1.807) is 19.2 Å². The monoisotopic (exact) mass is 299 g/mol. The summed E-state index contributed by atoms with van der Waals surface area (Å²) in [6, 6.07) is 2.65. The summed E-state index contributed by atoms with van der Waals surface area (Å²) in [5.74, 6) is -1.26. The van der Waals surface area contributed by atoms with Crippen LogP contribution in [0, 0.1) is 12.7 Å². The number of rotatable bonds is 2. The van der Waals surface area contributed by atoms with Gasteiger partial charge in [0.2, 0.25) is 0 Å². The van der Waals surface area contributed by atoms with Gasteiger partial charge in [-0.2, -0.15) is 0 Å². The van der Waals surface area contributed by atoms with Crippen LogP contribution in [0.2, 0.25) is 10.3 Å². The highest BCUT2D eigenvalue weighted by Gasteiger charge is 2.14. The van der Waals surface area contributed by atoms with Crippen LogP contribution in [0.25, 0.3) is 0 Å². The van der Waals surface area contributed by atoms with Crippen LogP contribution in [0.15, 0.2) is 24.5 Å². The summed E-state index contributed by atoms with van der Waals surface area (Å²) in [7, 11) is 0. The number of hydrogen-bond donors (Lipinski definition) is 1. The van der Waals surface area contributed by atoms with Gasteiger partial charge in [0.1, 0.15) is 11.0 Å². The Hall–Kier alpha value is -1.72. The molecule has 0 spiro atoms. The molecule has 0 saturated carbocycles. The number of hydrogen-bond acceptors (Lipinski definition) is 3. The molecule has 1 amide bonds. The highest BCUT2D eigenvalue weighted by molar-refractivity contribution is 6.34. The lowest BCUT2D eigenvalue weighted by Gasteiger charge is -2.08. The number of pyridine rings is 2. The molecule has 7 heteroatoms. The number of aromatic nitrogens is 2. The third kappa shape index (κ3) is 3.19. The van der Waals surface area contributed by atoms with E-state index in [-0.39, 0.29) is 15.9 Å². The Balaban J connectivity index is 2.30. The number of halogens is 3. The number of aryl methyl sites for hydroxylation is 1. The topological polar surface area (TPSA) is 54.9 Å². The lowest BCUT2D eigenvalue weighted by atomic mass is 10.2. The van der Waals surface area contributed by atoms with Crippen LogP contribution in [0.1, 0.15) is 15.9 Å². The maximum Gasteiger partial charge on any atom is 0.258 e. The Morgan fingerprint density at radius 3 is 2.63 bits per heavy atom. The average Bonchev–Trinajstić information content (AvgIpc) is 2.36. The maximum atomic E-state index is 13.1. The summed E-state index contributed by atoms with van der Waals surface area (Å²) >= 11 is 11.6. The molecule has 0 aliphatic carbocycles. The summed E-state index contributed by atoms with van der Waals surface area (Å²) in [4.78, 5) is 19.4. The van der Waals surface area contributed by atoms with Gasteiger partial charge in [-0.3, -0.25) is 4.79 Å². The van der Waals surface area contributed by atoms with Crippen molar-refractivity contribution in [2.45, 2.75) is 6.92 Å². The molecule has 2 heterocycles. The number of amides is 1. The van der Waals surface area contributed by atoms with Gasteiger partial charge in [-0.15, -0.1) is 0 Å². The second kappa shape index (κ2) is 5.50. The van der Waals surface area contributed by atoms with Gasteiger partial charge in [0.15, 0.2) is 5.15 Å². The molecule has 0 aliphatic heterocycles. The van der Waals surface area contributed by atoms with E-state index >= 15 is 0 Å². The number of anilines is 1. The molecular weight excluding hydrogens is 292 g/mol. The summed E-state index contributed by atoms with van der Waals surface area (Å²) in [6.45, 7) is 1.80. The Labute approximate surface area is 118 Å². The van der Waals surface area contributed by atoms with Crippen molar-refractivity contribution < 1.29 is 9.18 Å². The average molecular weight is 300 g/mol. The van der Waals surface area contributed by atoms with E-state index in [9.17, 15) is 9.18 Å². The molecule has 19 heavy (non-hydrogen) atoms. The van der Waals surface area contributed by atoms with Crippen molar-refractivity contribution >= 4 is 34.8 Å². The summed E-state index contributed by atoms with van der Waals surface area (Å²) < 4.78 is 13.1. The van der Waals surface area contributed by atoms with Crippen LogP contribution in [-0.2, 0) is 0 Å². The van der Waals surface area contributed by atoms with Crippen molar-refractivity contribution in [2.75, 3.05) is 5.32 Å². The molecule has 0 saturated heterocycles. The number of nitrogens with zero attached hydrogens (tertiary/aromatic N) is 2. The standard InChI is InChI=1S/C12H8Cl2FN3O/c1-6-2-9(11(14)16-4-6)18-12(19)8-3-7(15)5-17-10(8)13/h2-5H,1H3,(H,18,19). The molecule has 0 unspecified atom stereocenters. The zero-order chi connectivity index (χ0) is 14.0. The van der Waals surface area contributed by atoms with Gasteiger partial charge in [-0.05, 0) is 24.6 Å². The van der Waals surface area contributed by atoms with Crippen molar-refractivity contribution in [3.8, 4) is 0 Å². The number of carbonyl (C=O) groups excluding carboxylic acids is 1. The first-order valence-corrected chi connectivity index (χ1v) is 5.97. The fraction of sp³-hybridized carbons (Fsp3) is 0.0833. The molecule has 1 N–H and O–H groups in total. The van der Waals surface area contributed by atoms with Crippen molar-refractivity contribution in [1.29, 1.82) is 0 Å². The largest absolute Gasteiger partial charge is 0.319 e. The van der Waals surface area contributed by atoms with E-state index < -0.39 is 11.7 Å². The van der Waals surface area contributed by atoms with Crippen molar-refractivity contribution in [3.05, 3.63) is 51.8 Å². The van der Waals surface area contributed by atoms with Gasteiger partial charge in [0.05, 0.1) is 17.4 Å². The fourth-order valence-electron chi connectivity index (χ4n) is 1.41. The highest BCUT2D eigenvalue weighted by Crippen LogP contribution is 2.22. The highest BCUT2D eigenvalue weighted by atomic mass is 35.5. The second-order valence-corrected chi connectivity index (χ2v) is 4.51. The van der Waals surface area contributed by atoms with Crippen molar-refractivity contribution in [1.82, 2.24) is 9.97 Å². The van der Waals surface area contributed by atoms with E-state index in [4.69, 9.17) is 23.2 Å². The molecule has 0 bridgehead atoms. The molecule has 0 atom stereocenters. The first-order chi connectivity index (χ1) is 8.97. The van der Waals surface area contributed by atoms with Gasteiger partial charge in [-0.1, -0.05) is 23.2 Å². The fourth-order valence-corrected chi connectivity index (χ4v) is 1.75. The number of carbonyl (C=O) groups is 1. The third-order valence-electron chi connectivity index (χ3n) is 2.27. The minimum atomic E-state index is -0.650. The Morgan fingerprint density at radius 1 is 1.21 bits per heavy atom. The van der Waals surface area contributed by atoms with Crippen LogP contribution < -0.4 is 5.32 Å². The normalized spacial score (nSPS) is 10.3. The van der Waals surface area contributed by atoms with Crippen LogP contribution in [0.4, 0.5) is 10.1 Å². The summed E-state index contributed by atoms with van der Waals surface area (Å²) in [5.41, 5.74) is 1.08. The minimum absolute atomic E-state index is 0.0701. The molecule has 2 aromatic heterocycles. The Morgan fingerprint density at radius 2 is 1.89 bits per heavy atom. The second-order valence-electron chi connectivity index (χ2n) is 3.80. The first kappa shape index (κ1) is 13.7. The van der Waals surface area contributed by atoms with Gasteiger partial charge >= 0.3 is 0 Å². The first-order valence-electron chi connectivity index (χ1n) is 5.22. The lowest BCUT2D eigenvalue weighted by Crippen LogP contribution is -2.14. The van der Waals surface area contributed by atoms with Crippen LogP contribution in [0.5, 0.6) is 0 Å². The van der Waals surface area contributed by atoms with Crippen molar-refractivity contribution in [2.24, 2.45) is 0 Å². The molecule has 0 aromatic carbocycles. The molecular formula is C12H8Cl2FN3O. The molecule has 98 valence electrons. The predicted molar refractivity (Wildman–Crippen MR) is 71.1 cm³/mol. The molecule has 2 rings (SSSR count). The van der Waals surface area contributed by atoms with E-state index in [0.29, 0.717) is 5.69 Å². The third-order valence-corrected chi connectivity index (χ3v) is 2.88. The smallest absolute Gasteiger partial charge is 0.258 e. The predicted octanol–water partition coefficient (Wildman–Crippen LogP) is 3.48. The van der Waals surface area contributed by atoms with Crippen LogP contribution >= 0.6 is 23.2 Å². The van der Waals surface area contributed by atoms with Gasteiger partial charge < -0.3 is 5.32 Å². The van der Waals surface area contributed by atoms with E-state index in [1.807, 2.05) is 0 Å². The quantitative estimate of drug-likeness (QED) is 0.864. The van der Waals surface area contributed by atoms with Crippen LogP contribution in [0.3, 0.4) is 0 Å². The van der Waals surface area contributed by atoms with E-state index in [1.165, 1.54) is 0 Å². The Kier molecular flexibility index (Phi) is 3.97. The number of nitrogens with one attached hydrogen (secondary N) is 1. The van der Waals surface area contributed by atoms with Crippen molar-refractivity contribution in [3.63, 3.8) is 0 Å². The maximum absolute atomic E-state index is 13.1.